The van der Waals surface area contributed by atoms with Gasteiger partial charge >= 0.3 is 0 Å². The van der Waals surface area contributed by atoms with Crippen LogP contribution in [0.5, 0.6) is 0 Å². The minimum atomic E-state index is -0.0684. The first-order valence-corrected chi connectivity index (χ1v) is 7.86. The molecule has 1 saturated carbocycles. The van der Waals surface area contributed by atoms with Gasteiger partial charge in [0, 0.05) is 19.5 Å². The Morgan fingerprint density at radius 2 is 1.95 bits per heavy atom. The maximum Gasteiger partial charge on any atom is 0.274 e. The van der Waals surface area contributed by atoms with Crippen LogP contribution in [0.15, 0.2) is 6.20 Å². The third-order valence-electron chi connectivity index (χ3n) is 4.47. The van der Waals surface area contributed by atoms with E-state index in [-0.39, 0.29) is 11.8 Å². The van der Waals surface area contributed by atoms with Crippen molar-refractivity contribution in [2.24, 2.45) is 5.92 Å². The highest BCUT2D eigenvalue weighted by molar-refractivity contribution is 6.02. The molecule has 1 saturated heterocycles. The molecule has 0 bridgehead atoms. The molecule has 1 aliphatic heterocycles. The maximum atomic E-state index is 12.4. The number of hydrogen-bond donors (Lipinski definition) is 2. The van der Waals surface area contributed by atoms with Gasteiger partial charge in [-0.2, -0.15) is 5.10 Å². The summed E-state index contributed by atoms with van der Waals surface area (Å²) in [4.78, 5) is 26.2. The Hall–Kier alpha value is -1.85. The first-order chi connectivity index (χ1) is 10.2. The van der Waals surface area contributed by atoms with Gasteiger partial charge in [-0.15, -0.1) is 0 Å². The summed E-state index contributed by atoms with van der Waals surface area (Å²) >= 11 is 0. The lowest BCUT2D eigenvalue weighted by atomic mass is 10.0. The second-order valence-electron chi connectivity index (χ2n) is 6.06. The molecule has 2 fully saturated rings. The van der Waals surface area contributed by atoms with Crippen molar-refractivity contribution in [1.29, 1.82) is 0 Å². The normalized spacial score (nSPS) is 19.1. The summed E-state index contributed by atoms with van der Waals surface area (Å²) in [5.41, 5.74) is 0.909. The zero-order valence-electron chi connectivity index (χ0n) is 12.2. The quantitative estimate of drug-likeness (QED) is 0.892. The number of aromatic nitrogens is 2. The van der Waals surface area contributed by atoms with E-state index in [0.717, 1.165) is 38.8 Å². The van der Waals surface area contributed by atoms with E-state index in [0.29, 0.717) is 23.7 Å². The van der Waals surface area contributed by atoms with Crippen LogP contribution in [0.3, 0.4) is 0 Å². The fraction of sp³-hybridized carbons (Fsp3) is 0.667. The topological polar surface area (TPSA) is 78.1 Å². The van der Waals surface area contributed by atoms with Crippen LogP contribution in [0.1, 0.15) is 55.4 Å². The monoisotopic (exact) mass is 290 g/mol. The minimum Gasteiger partial charge on any atom is -0.337 e. The molecule has 21 heavy (non-hydrogen) atoms. The van der Waals surface area contributed by atoms with E-state index >= 15 is 0 Å². The second kappa shape index (κ2) is 6.28. The maximum absolute atomic E-state index is 12.4. The van der Waals surface area contributed by atoms with Gasteiger partial charge in [-0.05, 0) is 31.6 Å². The largest absolute Gasteiger partial charge is 0.337 e. The second-order valence-corrected chi connectivity index (χ2v) is 6.06. The van der Waals surface area contributed by atoms with E-state index in [1.807, 2.05) is 0 Å². The van der Waals surface area contributed by atoms with Crippen LogP contribution in [0.25, 0.3) is 0 Å². The van der Waals surface area contributed by atoms with Gasteiger partial charge in [-0.25, -0.2) is 0 Å². The number of carbonyl (C=O) groups is 2. The average molecular weight is 290 g/mol. The Kier molecular flexibility index (Phi) is 4.22. The summed E-state index contributed by atoms with van der Waals surface area (Å²) in [6.45, 7) is 1.57. The highest BCUT2D eigenvalue weighted by Crippen LogP contribution is 2.28. The molecule has 0 radical (unpaired) electrons. The molecule has 1 aliphatic carbocycles. The van der Waals surface area contributed by atoms with Gasteiger partial charge in [0.1, 0.15) is 5.69 Å². The molecule has 1 aromatic heterocycles. The van der Waals surface area contributed by atoms with E-state index in [1.165, 1.54) is 19.0 Å². The fourth-order valence-corrected chi connectivity index (χ4v) is 3.30. The Labute approximate surface area is 124 Å². The van der Waals surface area contributed by atoms with Crippen molar-refractivity contribution >= 4 is 17.5 Å². The van der Waals surface area contributed by atoms with Gasteiger partial charge in [-0.1, -0.05) is 12.8 Å². The summed E-state index contributed by atoms with van der Waals surface area (Å²) in [7, 11) is 0. The molecule has 0 atom stereocenters. The van der Waals surface area contributed by atoms with Crippen LogP contribution in [0.4, 0.5) is 5.69 Å². The molecule has 2 amide bonds. The Balaban J connectivity index is 1.61. The molecular formula is C15H22N4O2. The van der Waals surface area contributed by atoms with E-state index < -0.39 is 0 Å². The molecule has 6 heteroatoms. The predicted octanol–water partition coefficient (Wildman–Crippen LogP) is 2.16. The number of rotatable bonds is 4. The first kappa shape index (κ1) is 14.1. The van der Waals surface area contributed by atoms with Crippen molar-refractivity contribution in [3.05, 3.63) is 11.9 Å². The number of H-pyrrole nitrogens is 1. The van der Waals surface area contributed by atoms with E-state index in [9.17, 15) is 9.59 Å². The number of nitrogens with zero attached hydrogens (tertiary/aromatic N) is 2. The summed E-state index contributed by atoms with van der Waals surface area (Å²) < 4.78 is 0. The SMILES string of the molecule is O=C(CC1CCCC1)Nc1cn[nH]c1C(=O)N1CCCC1. The van der Waals surface area contributed by atoms with Crippen LogP contribution < -0.4 is 5.32 Å². The van der Waals surface area contributed by atoms with E-state index in [4.69, 9.17) is 0 Å². The molecule has 3 rings (SSSR count). The van der Waals surface area contributed by atoms with Crippen molar-refractivity contribution in [3.8, 4) is 0 Å². The van der Waals surface area contributed by atoms with Crippen molar-refractivity contribution in [1.82, 2.24) is 15.1 Å². The summed E-state index contributed by atoms with van der Waals surface area (Å²) in [6.07, 6.45) is 8.88. The third-order valence-corrected chi connectivity index (χ3v) is 4.47. The lowest BCUT2D eigenvalue weighted by molar-refractivity contribution is -0.117. The molecule has 2 N–H and O–H groups in total. The van der Waals surface area contributed by atoms with Crippen molar-refractivity contribution in [2.75, 3.05) is 18.4 Å². The van der Waals surface area contributed by atoms with Crippen LogP contribution in [0.2, 0.25) is 0 Å². The molecular weight excluding hydrogens is 268 g/mol. The lowest BCUT2D eigenvalue weighted by Gasteiger charge is -2.15. The first-order valence-electron chi connectivity index (χ1n) is 7.86. The van der Waals surface area contributed by atoms with Crippen LogP contribution >= 0.6 is 0 Å². The molecule has 0 spiro atoms. The summed E-state index contributed by atoms with van der Waals surface area (Å²) in [5, 5.41) is 9.48. The van der Waals surface area contributed by atoms with Crippen LogP contribution in [0, 0.1) is 5.92 Å². The van der Waals surface area contributed by atoms with Crippen LogP contribution in [-0.2, 0) is 4.79 Å². The molecule has 1 aromatic rings. The molecule has 2 heterocycles. The highest BCUT2D eigenvalue weighted by atomic mass is 16.2. The number of amides is 2. The molecule has 114 valence electrons. The third kappa shape index (κ3) is 3.25. The zero-order valence-corrected chi connectivity index (χ0v) is 12.2. The van der Waals surface area contributed by atoms with Crippen LogP contribution in [-0.4, -0.2) is 40.0 Å². The highest BCUT2D eigenvalue weighted by Gasteiger charge is 2.25. The van der Waals surface area contributed by atoms with Crippen molar-refractivity contribution in [2.45, 2.75) is 44.9 Å². The van der Waals surface area contributed by atoms with Gasteiger partial charge in [-0.3, -0.25) is 14.7 Å². The fourth-order valence-electron chi connectivity index (χ4n) is 3.30. The molecule has 2 aliphatic rings. The number of carbonyl (C=O) groups excluding carboxylic acids is 2. The predicted molar refractivity (Wildman–Crippen MR) is 78.9 cm³/mol. The Morgan fingerprint density at radius 1 is 1.24 bits per heavy atom. The summed E-state index contributed by atoms with van der Waals surface area (Å²) in [6, 6.07) is 0. The Morgan fingerprint density at radius 3 is 2.67 bits per heavy atom. The van der Waals surface area contributed by atoms with Gasteiger partial charge < -0.3 is 10.2 Å². The van der Waals surface area contributed by atoms with Gasteiger partial charge in [0.25, 0.3) is 5.91 Å². The van der Waals surface area contributed by atoms with Gasteiger partial charge in [0.15, 0.2) is 0 Å². The Bertz CT molecular complexity index is 513. The van der Waals surface area contributed by atoms with E-state index in [2.05, 4.69) is 15.5 Å². The minimum absolute atomic E-state index is 0.0150. The molecule has 6 nitrogen and oxygen atoms in total. The van der Waals surface area contributed by atoms with Gasteiger partial charge in [0.05, 0.1) is 11.9 Å². The standard InChI is InChI=1S/C15H22N4O2/c20-13(9-11-5-1-2-6-11)17-12-10-16-18-14(12)15(21)19-7-3-4-8-19/h10-11H,1-9H2,(H,16,18)(H,17,20). The molecule has 0 unspecified atom stereocenters. The number of likely N-dealkylation sites (tertiary alicyclic amines) is 1. The lowest BCUT2D eigenvalue weighted by Crippen LogP contribution is -2.29. The molecule has 0 aromatic carbocycles. The van der Waals surface area contributed by atoms with Crippen molar-refractivity contribution in [3.63, 3.8) is 0 Å². The van der Waals surface area contributed by atoms with Gasteiger partial charge in [0.2, 0.25) is 5.91 Å². The zero-order chi connectivity index (χ0) is 14.7. The summed E-state index contributed by atoms with van der Waals surface area (Å²) in [5.74, 6) is 0.412. The number of nitrogens with one attached hydrogen (secondary N) is 2. The average Bonchev–Trinajstić information content (AvgIpc) is 3.20. The van der Waals surface area contributed by atoms with Crippen molar-refractivity contribution < 1.29 is 9.59 Å². The smallest absolute Gasteiger partial charge is 0.274 e. The number of anilines is 1. The number of hydrogen-bond acceptors (Lipinski definition) is 3. The number of aromatic amines is 1. The van der Waals surface area contributed by atoms with E-state index in [1.54, 1.807) is 4.90 Å².